The Morgan fingerprint density at radius 3 is 2.04 bits per heavy atom. The van der Waals surface area contributed by atoms with E-state index < -0.39 is 52.1 Å². The average molecular weight is 450 g/mol. The van der Waals surface area contributed by atoms with E-state index in [0.717, 1.165) is 0 Å². The van der Waals surface area contributed by atoms with E-state index in [9.17, 15) is 36.2 Å². The zero-order valence-corrected chi connectivity index (χ0v) is 14.3. The first-order chi connectivity index (χ1) is 12.6. The summed E-state index contributed by atoms with van der Waals surface area (Å²) in [6.07, 6.45) is -5.15. The second kappa shape index (κ2) is 7.69. The summed E-state index contributed by atoms with van der Waals surface area (Å²) in [7, 11) is 0. The summed E-state index contributed by atoms with van der Waals surface area (Å²) in [4.78, 5) is 12.4. The topological polar surface area (TPSA) is 55.1 Å². The normalized spacial score (nSPS) is 11.2. The Bertz CT molecular complexity index is 1010. The third-order valence-electron chi connectivity index (χ3n) is 3.60. The van der Waals surface area contributed by atoms with Gasteiger partial charge in [-0.2, -0.15) is 23.0 Å². The Hall–Kier alpha value is -2.78. The quantitative estimate of drug-likeness (QED) is 0.282. The molecule has 0 unspecified atom stereocenters. The van der Waals surface area contributed by atoms with Crippen molar-refractivity contribution in [3.63, 3.8) is 0 Å². The molecule has 4 nitrogen and oxygen atoms in total. The molecule has 1 radical (unpaired) electrons. The van der Waals surface area contributed by atoms with E-state index >= 15 is 0 Å². The number of benzene rings is 2. The molecule has 0 fully saturated rings. The van der Waals surface area contributed by atoms with Gasteiger partial charge in [-0.1, -0.05) is 18.2 Å². The minimum atomic E-state index is -5.15. The van der Waals surface area contributed by atoms with Crippen molar-refractivity contribution in [2.75, 3.05) is 0 Å². The minimum Gasteiger partial charge on any atom is -0.493 e. The number of hydrogen-bond acceptors (Lipinski definition) is 3. The van der Waals surface area contributed by atoms with Crippen molar-refractivity contribution in [1.82, 2.24) is 9.78 Å². The third kappa shape index (κ3) is 3.76. The first kappa shape index (κ1) is 21.5. The molecule has 2 aromatic carbocycles. The van der Waals surface area contributed by atoms with Gasteiger partial charge >= 0.3 is 6.18 Å². The number of aromatic nitrogens is 2. The van der Waals surface area contributed by atoms with Crippen LogP contribution in [0.15, 0.2) is 42.5 Å². The summed E-state index contributed by atoms with van der Waals surface area (Å²) in [5.74, 6) is -8.15. The number of aromatic hydroxyl groups is 1. The molecule has 0 aliphatic carbocycles. The molecule has 0 aliphatic heterocycles. The van der Waals surface area contributed by atoms with Crippen molar-refractivity contribution >= 4 is 5.78 Å². The van der Waals surface area contributed by atoms with Gasteiger partial charge in [0, 0.05) is 22.6 Å². The van der Waals surface area contributed by atoms with E-state index in [1.165, 1.54) is 24.3 Å². The maximum atomic E-state index is 13.3. The van der Waals surface area contributed by atoms with E-state index in [0.29, 0.717) is 4.68 Å². The smallest absolute Gasteiger partial charge is 0.436 e. The van der Waals surface area contributed by atoms with Crippen LogP contribution in [0.5, 0.6) is 5.88 Å². The second-order valence-corrected chi connectivity index (χ2v) is 5.38. The van der Waals surface area contributed by atoms with Crippen LogP contribution in [0.25, 0.3) is 5.69 Å². The largest absolute Gasteiger partial charge is 0.493 e. The van der Waals surface area contributed by atoms with Crippen LogP contribution in [0.4, 0.5) is 26.3 Å². The van der Waals surface area contributed by atoms with Gasteiger partial charge < -0.3 is 5.11 Å². The van der Waals surface area contributed by atoms with Crippen LogP contribution >= 0.6 is 0 Å². The Morgan fingerprint density at radius 2 is 1.54 bits per heavy atom. The van der Waals surface area contributed by atoms with E-state index in [1.807, 2.05) is 0 Å². The van der Waals surface area contributed by atoms with E-state index in [2.05, 4.69) is 5.10 Å². The Kier molecular flexibility index (Phi) is 5.91. The third-order valence-corrected chi connectivity index (χ3v) is 3.60. The van der Waals surface area contributed by atoms with Crippen molar-refractivity contribution in [2.24, 2.45) is 0 Å². The van der Waals surface area contributed by atoms with Crippen LogP contribution in [0.1, 0.15) is 21.6 Å². The summed E-state index contributed by atoms with van der Waals surface area (Å²) >= 11 is 0. The number of ketones is 1. The van der Waals surface area contributed by atoms with Crippen molar-refractivity contribution in [2.45, 2.75) is 6.18 Å². The molecular weight excluding hydrogens is 442 g/mol. The molecule has 3 aromatic rings. The first-order valence-electron chi connectivity index (χ1n) is 7.25. The number of para-hydroxylation sites is 1. The fourth-order valence-electron chi connectivity index (χ4n) is 2.40. The fraction of sp³-hybridized carbons (Fsp3) is 0.0588. The van der Waals surface area contributed by atoms with Crippen LogP contribution in [-0.2, 0) is 23.2 Å². The molecule has 151 valence electrons. The van der Waals surface area contributed by atoms with Gasteiger partial charge in [0.05, 0.1) is 5.69 Å². The maximum absolute atomic E-state index is 13.3. The van der Waals surface area contributed by atoms with Crippen molar-refractivity contribution < 1.29 is 53.3 Å². The molecule has 0 saturated heterocycles. The molecular formula is C17H8CuF6N2O2. The molecule has 1 heterocycles. The fourth-order valence-corrected chi connectivity index (χ4v) is 2.40. The number of carbonyl (C=O) groups is 1. The van der Waals surface area contributed by atoms with Crippen molar-refractivity contribution in [3.8, 4) is 11.6 Å². The van der Waals surface area contributed by atoms with Crippen LogP contribution in [0.3, 0.4) is 0 Å². The van der Waals surface area contributed by atoms with Crippen LogP contribution in [-0.4, -0.2) is 20.7 Å². The number of rotatable bonds is 3. The minimum absolute atomic E-state index is 0. The van der Waals surface area contributed by atoms with Crippen LogP contribution < -0.4 is 0 Å². The predicted molar refractivity (Wildman–Crippen MR) is 80.0 cm³/mol. The first-order valence-corrected chi connectivity index (χ1v) is 7.25. The van der Waals surface area contributed by atoms with Gasteiger partial charge in [-0.15, -0.1) is 0 Å². The predicted octanol–water partition coefficient (Wildman–Crippen LogP) is 4.24. The van der Waals surface area contributed by atoms with Gasteiger partial charge in [-0.05, 0) is 24.3 Å². The molecule has 1 aromatic heterocycles. The standard InChI is InChI=1S/C17H8F6N2O2.Cu/c18-10-6-8(7-11(19)13(10)20)14(26)12-15(17(21,22)23)24-25(16(12)27)9-4-2-1-3-5-9;/h1-7,27H;. The monoisotopic (exact) mass is 449 g/mol. The van der Waals surface area contributed by atoms with Gasteiger partial charge in [0.1, 0.15) is 5.56 Å². The molecule has 1 N–H and O–H groups in total. The van der Waals surface area contributed by atoms with Crippen LogP contribution in [0, 0.1) is 17.5 Å². The van der Waals surface area contributed by atoms with Gasteiger partial charge in [-0.25, -0.2) is 13.2 Å². The number of carbonyl (C=O) groups excluding carboxylic acids is 1. The van der Waals surface area contributed by atoms with E-state index in [-0.39, 0.29) is 34.9 Å². The van der Waals surface area contributed by atoms with Gasteiger partial charge in [0.15, 0.2) is 23.1 Å². The molecule has 3 rings (SSSR count). The van der Waals surface area contributed by atoms with Crippen molar-refractivity contribution in [3.05, 3.63) is 76.7 Å². The summed E-state index contributed by atoms with van der Waals surface area (Å²) in [6.45, 7) is 0. The van der Waals surface area contributed by atoms with Gasteiger partial charge in [0.2, 0.25) is 11.7 Å². The molecule has 0 bridgehead atoms. The molecule has 0 amide bonds. The summed E-state index contributed by atoms with van der Waals surface area (Å²) < 4.78 is 80.1. The molecule has 28 heavy (non-hydrogen) atoms. The molecule has 0 aliphatic rings. The molecule has 11 heteroatoms. The Labute approximate surface area is 163 Å². The van der Waals surface area contributed by atoms with Crippen molar-refractivity contribution in [1.29, 1.82) is 0 Å². The average Bonchev–Trinajstić information content (AvgIpc) is 2.97. The van der Waals surface area contributed by atoms with Gasteiger partial charge in [-0.3, -0.25) is 4.79 Å². The Morgan fingerprint density at radius 1 is 1.00 bits per heavy atom. The van der Waals surface area contributed by atoms with Crippen LogP contribution in [0.2, 0.25) is 0 Å². The molecule has 0 spiro atoms. The van der Waals surface area contributed by atoms with E-state index in [4.69, 9.17) is 0 Å². The molecule has 0 atom stereocenters. The second-order valence-electron chi connectivity index (χ2n) is 5.38. The Balaban J connectivity index is 0.00000280. The van der Waals surface area contributed by atoms with E-state index in [1.54, 1.807) is 6.07 Å². The summed E-state index contributed by atoms with van der Waals surface area (Å²) in [5.41, 5.74) is -3.97. The number of hydrogen-bond donors (Lipinski definition) is 1. The molecule has 0 saturated carbocycles. The van der Waals surface area contributed by atoms with Gasteiger partial charge in [0.25, 0.3) is 0 Å². The summed E-state index contributed by atoms with van der Waals surface area (Å²) in [6, 6.07) is 7.58. The number of alkyl halides is 3. The zero-order chi connectivity index (χ0) is 19.9. The maximum Gasteiger partial charge on any atom is 0.436 e. The number of nitrogens with zero attached hydrogens (tertiary/aromatic N) is 2. The zero-order valence-electron chi connectivity index (χ0n) is 13.4. The number of halogens is 6. The summed E-state index contributed by atoms with van der Waals surface area (Å²) in [5, 5.41) is 13.4. The SMILES string of the molecule is O=C(c1cc(F)c(F)c(F)c1)c1c(C(F)(F)F)nn(-c2ccccc2)c1O.[Cu].